The van der Waals surface area contributed by atoms with E-state index in [0.717, 1.165) is 11.1 Å². The van der Waals surface area contributed by atoms with Crippen LogP contribution in [-0.4, -0.2) is 17.9 Å². The van der Waals surface area contributed by atoms with Crippen LogP contribution in [0.2, 0.25) is 0 Å². The first-order chi connectivity index (χ1) is 8.22. The van der Waals surface area contributed by atoms with Crippen molar-refractivity contribution < 1.29 is 4.79 Å². The molecule has 0 aliphatic rings. The lowest BCUT2D eigenvalue weighted by molar-refractivity contribution is 0.0996. The van der Waals surface area contributed by atoms with Crippen molar-refractivity contribution in [2.24, 2.45) is 5.73 Å². The number of aromatic nitrogens is 1. The molecule has 1 heterocycles. The van der Waals surface area contributed by atoms with E-state index in [1.807, 2.05) is 42.5 Å². The molecule has 17 heavy (non-hydrogen) atoms. The molecule has 2 aromatic rings. The molecule has 0 saturated heterocycles. The maximum Gasteiger partial charge on any atom is 0.268 e. The third kappa shape index (κ3) is 2.25. The van der Waals surface area contributed by atoms with E-state index in [2.05, 4.69) is 10.3 Å². The molecule has 0 aliphatic carbocycles. The normalized spacial score (nSPS) is 9.94. The molecular weight excluding hydrogens is 214 g/mol. The number of nitrogens with zero attached hydrogens (tertiary/aromatic N) is 1. The summed E-state index contributed by atoms with van der Waals surface area (Å²) in [6.45, 7) is 0. The number of anilines is 1. The lowest BCUT2D eigenvalue weighted by atomic mass is 10.0. The van der Waals surface area contributed by atoms with Crippen LogP contribution in [0.15, 0.2) is 42.5 Å². The van der Waals surface area contributed by atoms with E-state index in [1.165, 1.54) is 0 Å². The van der Waals surface area contributed by atoms with Crippen LogP contribution in [0.5, 0.6) is 0 Å². The van der Waals surface area contributed by atoms with Gasteiger partial charge in [0.1, 0.15) is 11.5 Å². The summed E-state index contributed by atoms with van der Waals surface area (Å²) in [6.07, 6.45) is 0. The lowest BCUT2D eigenvalue weighted by Crippen LogP contribution is -2.15. The SMILES string of the molecule is CNc1ccc(-c2ccccc2)c(C(N)=O)n1. The van der Waals surface area contributed by atoms with Crippen molar-refractivity contribution in [1.82, 2.24) is 4.98 Å². The van der Waals surface area contributed by atoms with E-state index in [9.17, 15) is 4.79 Å². The summed E-state index contributed by atoms with van der Waals surface area (Å²) in [5.74, 6) is 0.0967. The van der Waals surface area contributed by atoms with Crippen LogP contribution in [0.4, 0.5) is 5.82 Å². The van der Waals surface area contributed by atoms with Crippen molar-refractivity contribution in [2.75, 3.05) is 12.4 Å². The van der Waals surface area contributed by atoms with E-state index in [4.69, 9.17) is 5.73 Å². The highest BCUT2D eigenvalue weighted by atomic mass is 16.1. The smallest absolute Gasteiger partial charge is 0.268 e. The van der Waals surface area contributed by atoms with Gasteiger partial charge in [0, 0.05) is 12.6 Å². The summed E-state index contributed by atoms with van der Waals surface area (Å²) in [7, 11) is 1.75. The van der Waals surface area contributed by atoms with Gasteiger partial charge >= 0.3 is 0 Å². The average Bonchev–Trinajstić information content (AvgIpc) is 2.39. The number of carbonyl (C=O) groups excluding carboxylic acids is 1. The Morgan fingerprint density at radius 1 is 1.18 bits per heavy atom. The van der Waals surface area contributed by atoms with Crippen LogP contribution in [0.3, 0.4) is 0 Å². The Hall–Kier alpha value is -2.36. The molecule has 1 amide bonds. The summed E-state index contributed by atoms with van der Waals surface area (Å²) in [6, 6.07) is 13.2. The molecule has 86 valence electrons. The Bertz CT molecular complexity index is 538. The number of benzene rings is 1. The van der Waals surface area contributed by atoms with Gasteiger partial charge in [0.05, 0.1) is 0 Å². The molecule has 3 N–H and O–H groups in total. The molecule has 0 aliphatic heterocycles. The summed E-state index contributed by atoms with van der Waals surface area (Å²) >= 11 is 0. The molecule has 0 unspecified atom stereocenters. The predicted molar refractivity (Wildman–Crippen MR) is 67.7 cm³/mol. The van der Waals surface area contributed by atoms with Crippen LogP contribution >= 0.6 is 0 Å². The van der Waals surface area contributed by atoms with E-state index < -0.39 is 5.91 Å². The Morgan fingerprint density at radius 2 is 1.88 bits per heavy atom. The van der Waals surface area contributed by atoms with Gasteiger partial charge in [0.2, 0.25) is 0 Å². The van der Waals surface area contributed by atoms with Crippen molar-refractivity contribution in [3.63, 3.8) is 0 Å². The highest BCUT2D eigenvalue weighted by Crippen LogP contribution is 2.23. The quantitative estimate of drug-likeness (QED) is 0.841. The zero-order chi connectivity index (χ0) is 12.3. The number of primary amides is 1. The summed E-state index contributed by atoms with van der Waals surface area (Å²) < 4.78 is 0. The van der Waals surface area contributed by atoms with Crippen molar-refractivity contribution in [1.29, 1.82) is 0 Å². The van der Waals surface area contributed by atoms with E-state index in [0.29, 0.717) is 5.82 Å². The molecule has 4 heteroatoms. The van der Waals surface area contributed by atoms with Gasteiger partial charge in [0.25, 0.3) is 5.91 Å². The predicted octanol–water partition coefficient (Wildman–Crippen LogP) is 1.89. The second-order valence-corrected chi connectivity index (χ2v) is 3.57. The summed E-state index contributed by atoms with van der Waals surface area (Å²) in [4.78, 5) is 15.6. The fourth-order valence-electron chi connectivity index (χ4n) is 1.64. The molecule has 4 nitrogen and oxygen atoms in total. The number of pyridine rings is 1. The van der Waals surface area contributed by atoms with E-state index in [1.54, 1.807) is 7.05 Å². The maximum absolute atomic E-state index is 11.4. The van der Waals surface area contributed by atoms with Gasteiger partial charge in [0.15, 0.2) is 0 Å². The number of amides is 1. The fraction of sp³-hybridized carbons (Fsp3) is 0.0769. The minimum absolute atomic E-state index is 0.281. The monoisotopic (exact) mass is 227 g/mol. The number of hydrogen-bond donors (Lipinski definition) is 2. The average molecular weight is 227 g/mol. The Kier molecular flexibility index (Phi) is 3.05. The number of nitrogens with one attached hydrogen (secondary N) is 1. The Labute approximate surface area is 99.5 Å². The number of rotatable bonds is 3. The van der Waals surface area contributed by atoms with Crippen molar-refractivity contribution >= 4 is 11.7 Å². The standard InChI is InChI=1S/C13H13N3O/c1-15-11-8-7-10(12(16-11)13(14)17)9-5-3-2-4-6-9/h2-8H,1H3,(H2,14,17)(H,15,16). The van der Waals surface area contributed by atoms with Gasteiger partial charge in [-0.25, -0.2) is 4.98 Å². The van der Waals surface area contributed by atoms with Gasteiger partial charge in [-0.15, -0.1) is 0 Å². The van der Waals surface area contributed by atoms with Crippen LogP contribution in [0.25, 0.3) is 11.1 Å². The first-order valence-corrected chi connectivity index (χ1v) is 5.26. The van der Waals surface area contributed by atoms with Crippen LogP contribution in [0.1, 0.15) is 10.5 Å². The number of carbonyl (C=O) groups is 1. The second kappa shape index (κ2) is 4.65. The molecule has 0 bridgehead atoms. The highest BCUT2D eigenvalue weighted by Gasteiger charge is 2.12. The summed E-state index contributed by atoms with van der Waals surface area (Å²) in [5, 5.41) is 2.88. The first kappa shape index (κ1) is 11.1. The highest BCUT2D eigenvalue weighted by molar-refractivity contribution is 5.98. The van der Waals surface area contributed by atoms with Gasteiger partial charge in [-0.05, 0) is 17.7 Å². The zero-order valence-electron chi connectivity index (χ0n) is 9.47. The largest absolute Gasteiger partial charge is 0.373 e. The van der Waals surface area contributed by atoms with Gasteiger partial charge in [-0.3, -0.25) is 4.79 Å². The van der Waals surface area contributed by atoms with Gasteiger partial charge in [-0.1, -0.05) is 30.3 Å². The third-order valence-corrected chi connectivity index (χ3v) is 2.47. The van der Waals surface area contributed by atoms with Crippen LogP contribution in [0, 0.1) is 0 Å². The van der Waals surface area contributed by atoms with E-state index in [-0.39, 0.29) is 5.69 Å². The topological polar surface area (TPSA) is 68.0 Å². The van der Waals surface area contributed by atoms with Crippen LogP contribution in [-0.2, 0) is 0 Å². The lowest BCUT2D eigenvalue weighted by Gasteiger charge is -2.08. The van der Waals surface area contributed by atoms with Crippen molar-refractivity contribution in [3.05, 3.63) is 48.2 Å². The first-order valence-electron chi connectivity index (χ1n) is 5.26. The molecule has 0 radical (unpaired) electrons. The second-order valence-electron chi connectivity index (χ2n) is 3.57. The van der Waals surface area contributed by atoms with E-state index >= 15 is 0 Å². The Morgan fingerprint density at radius 3 is 2.47 bits per heavy atom. The molecule has 2 rings (SSSR count). The van der Waals surface area contributed by atoms with Gasteiger partial charge in [-0.2, -0.15) is 0 Å². The minimum atomic E-state index is -0.527. The molecule has 1 aromatic heterocycles. The Balaban J connectivity index is 2.58. The molecule has 1 aromatic carbocycles. The maximum atomic E-state index is 11.4. The molecule has 0 atom stereocenters. The fourth-order valence-corrected chi connectivity index (χ4v) is 1.64. The molecular formula is C13H13N3O. The summed E-state index contributed by atoms with van der Waals surface area (Å²) in [5.41, 5.74) is 7.30. The minimum Gasteiger partial charge on any atom is -0.373 e. The van der Waals surface area contributed by atoms with Crippen LogP contribution < -0.4 is 11.1 Å². The third-order valence-electron chi connectivity index (χ3n) is 2.47. The molecule has 0 saturated carbocycles. The molecule has 0 fully saturated rings. The number of hydrogen-bond acceptors (Lipinski definition) is 3. The molecule has 0 spiro atoms. The number of nitrogens with two attached hydrogens (primary N) is 1. The van der Waals surface area contributed by atoms with Crippen molar-refractivity contribution in [2.45, 2.75) is 0 Å². The van der Waals surface area contributed by atoms with Crippen molar-refractivity contribution in [3.8, 4) is 11.1 Å². The van der Waals surface area contributed by atoms with Gasteiger partial charge < -0.3 is 11.1 Å². The zero-order valence-corrected chi connectivity index (χ0v) is 9.47.